The quantitative estimate of drug-likeness (QED) is 0.336. The number of nitrogens with zero attached hydrogens (tertiary/aromatic N) is 3. The number of hydrogen-bond acceptors (Lipinski definition) is 5. The fraction of sp³-hybridized carbons (Fsp3) is 0.267. The van der Waals surface area contributed by atoms with E-state index in [-0.39, 0.29) is 23.9 Å². The molecular formula is C30H32N6O4. The molecule has 1 fully saturated rings. The smallest absolute Gasteiger partial charge is 0.321 e. The largest absolute Gasteiger partial charge is 0.496 e. The monoisotopic (exact) mass is 540 g/mol. The van der Waals surface area contributed by atoms with E-state index in [1.807, 2.05) is 42.6 Å². The minimum absolute atomic E-state index is 0.0786. The molecule has 1 unspecified atom stereocenters. The molecule has 2 aromatic carbocycles. The summed E-state index contributed by atoms with van der Waals surface area (Å²) in [6.45, 7) is 2.39. The van der Waals surface area contributed by atoms with E-state index in [9.17, 15) is 14.4 Å². The molecule has 4 amide bonds. The first kappa shape index (κ1) is 26.7. The highest BCUT2D eigenvalue weighted by Gasteiger charge is 2.28. The number of hydrogen-bond donors (Lipinski definition) is 3. The van der Waals surface area contributed by atoms with E-state index in [1.165, 1.54) is 11.8 Å². The number of aromatic amines is 1. The van der Waals surface area contributed by atoms with Gasteiger partial charge in [0.1, 0.15) is 11.4 Å². The first-order chi connectivity index (χ1) is 19.2. The molecule has 1 atom stereocenters. The molecule has 0 spiro atoms. The summed E-state index contributed by atoms with van der Waals surface area (Å²) in [4.78, 5) is 48.6. The Hall–Kier alpha value is -4.86. The third kappa shape index (κ3) is 5.33. The lowest BCUT2D eigenvalue weighted by molar-refractivity contribution is -0.119. The number of H-pyrrole nitrogens is 1. The number of urea groups is 1. The van der Waals surface area contributed by atoms with Crippen LogP contribution in [0.4, 0.5) is 10.5 Å². The Balaban J connectivity index is 1.47. The molecule has 3 heterocycles. The molecule has 1 aliphatic rings. The SMILES string of the molecule is COc1ccccc1-c1c[nH]c2ncc(-c3ccc(NC(=O)N4CCC(NC(C)=O)C4)c(C(=O)N(C)C)c3)cc12. The van der Waals surface area contributed by atoms with Crippen LogP contribution in [0.25, 0.3) is 33.3 Å². The maximum absolute atomic E-state index is 13.2. The van der Waals surface area contributed by atoms with Crippen LogP contribution in [0, 0.1) is 0 Å². The number of carbonyl (C=O) groups excluding carboxylic acids is 3. The second-order valence-electron chi connectivity index (χ2n) is 10.0. The van der Waals surface area contributed by atoms with Crippen LogP contribution < -0.4 is 15.4 Å². The first-order valence-corrected chi connectivity index (χ1v) is 13.0. The number of anilines is 1. The van der Waals surface area contributed by atoms with Crippen molar-refractivity contribution in [2.24, 2.45) is 0 Å². The number of methoxy groups -OCH3 is 1. The van der Waals surface area contributed by atoms with E-state index >= 15 is 0 Å². The third-order valence-corrected chi connectivity index (χ3v) is 7.04. The minimum atomic E-state index is -0.315. The lowest BCUT2D eigenvalue weighted by Crippen LogP contribution is -2.39. The Labute approximate surface area is 232 Å². The molecule has 10 nitrogen and oxygen atoms in total. The molecular weight excluding hydrogens is 508 g/mol. The third-order valence-electron chi connectivity index (χ3n) is 7.04. The lowest BCUT2D eigenvalue weighted by atomic mass is 9.99. The van der Waals surface area contributed by atoms with E-state index < -0.39 is 0 Å². The first-order valence-electron chi connectivity index (χ1n) is 13.0. The summed E-state index contributed by atoms with van der Waals surface area (Å²) in [6, 6.07) is 14.8. The van der Waals surface area contributed by atoms with Gasteiger partial charge in [-0.15, -0.1) is 0 Å². The normalized spacial score (nSPS) is 14.7. The number of para-hydroxylation sites is 1. The molecule has 4 aromatic rings. The average Bonchev–Trinajstić information content (AvgIpc) is 3.59. The zero-order valence-corrected chi connectivity index (χ0v) is 22.9. The van der Waals surface area contributed by atoms with E-state index in [0.717, 1.165) is 39.0 Å². The van der Waals surface area contributed by atoms with Gasteiger partial charge in [0.25, 0.3) is 5.91 Å². The summed E-state index contributed by atoms with van der Waals surface area (Å²) in [6.07, 6.45) is 4.35. The fourth-order valence-corrected chi connectivity index (χ4v) is 5.05. The van der Waals surface area contributed by atoms with Gasteiger partial charge in [0.05, 0.1) is 18.4 Å². The van der Waals surface area contributed by atoms with Crippen molar-refractivity contribution in [3.05, 3.63) is 66.5 Å². The molecule has 0 aliphatic carbocycles. The van der Waals surface area contributed by atoms with Crippen molar-refractivity contribution in [3.8, 4) is 28.0 Å². The van der Waals surface area contributed by atoms with Crippen LogP contribution in [0.1, 0.15) is 23.7 Å². The van der Waals surface area contributed by atoms with Gasteiger partial charge in [0.15, 0.2) is 0 Å². The zero-order chi connectivity index (χ0) is 28.4. The molecule has 0 radical (unpaired) electrons. The number of benzene rings is 2. The van der Waals surface area contributed by atoms with E-state index in [1.54, 1.807) is 44.4 Å². The summed E-state index contributed by atoms with van der Waals surface area (Å²) >= 11 is 0. The van der Waals surface area contributed by atoms with Gasteiger partial charge in [0, 0.05) is 74.6 Å². The van der Waals surface area contributed by atoms with Crippen molar-refractivity contribution in [3.63, 3.8) is 0 Å². The van der Waals surface area contributed by atoms with Gasteiger partial charge in [-0.3, -0.25) is 9.59 Å². The second kappa shape index (κ2) is 11.1. The second-order valence-corrected chi connectivity index (χ2v) is 10.0. The number of pyridine rings is 1. The maximum atomic E-state index is 13.2. The molecule has 5 rings (SSSR count). The number of ether oxygens (including phenoxy) is 1. The molecule has 10 heteroatoms. The average molecular weight is 541 g/mol. The van der Waals surface area contributed by atoms with Crippen molar-refractivity contribution in [2.75, 3.05) is 39.6 Å². The summed E-state index contributed by atoms with van der Waals surface area (Å²) in [5.41, 5.74) is 5.04. The minimum Gasteiger partial charge on any atom is -0.496 e. The zero-order valence-electron chi connectivity index (χ0n) is 22.9. The molecule has 2 aromatic heterocycles. The summed E-state index contributed by atoms with van der Waals surface area (Å²) in [5.74, 6) is 0.401. The van der Waals surface area contributed by atoms with E-state index in [2.05, 4.69) is 20.6 Å². The molecule has 1 aliphatic heterocycles. The fourth-order valence-electron chi connectivity index (χ4n) is 5.05. The van der Waals surface area contributed by atoms with Gasteiger partial charge >= 0.3 is 6.03 Å². The highest BCUT2D eigenvalue weighted by Crippen LogP contribution is 2.36. The van der Waals surface area contributed by atoms with Gasteiger partial charge in [-0.2, -0.15) is 0 Å². The van der Waals surface area contributed by atoms with Crippen molar-refractivity contribution in [2.45, 2.75) is 19.4 Å². The molecule has 0 saturated carbocycles. The maximum Gasteiger partial charge on any atom is 0.321 e. The Morgan fingerprint density at radius 2 is 1.88 bits per heavy atom. The van der Waals surface area contributed by atoms with Gasteiger partial charge in [-0.1, -0.05) is 24.3 Å². The lowest BCUT2D eigenvalue weighted by Gasteiger charge is -2.20. The molecule has 0 bridgehead atoms. The summed E-state index contributed by atoms with van der Waals surface area (Å²) < 4.78 is 5.57. The van der Waals surface area contributed by atoms with Crippen LogP contribution in [-0.4, -0.2) is 77.9 Å². The predicted octanol–water partition coefficient (Wildman–Crippen LogP) is 4.35. The number of amides is 4. The van der Waals surface area contributed by atoms with E-state index in [0.29, 0.717) is 30.8 Å². The highest BCUT2D eigenvalue weighted by atomic mass is 16.5. The Morgan fingerprint density at radius 3 is 2.62 bits per heavy atom. The van der Waals surface area contributed by atoms with Gasteiger partial charge in [-0.25, -0.2) is 9.78 Å². The number of rotatable bonds is 6. The topological polar surface area (TPSA) is 120 Å². The predicted molar refractivity (Wildman–Crippen MR) is 154 cm³/mol. The Morgan fingerprint density at radius 1 is 1.07 bits per heavy atom. The Bertz CT molecular complexity index is 1590. The van der Waals surface area contributed by atoms with Crippen LogP contribution >= 0.6 is 0 Å². The van der Waals surface area contributed by atoms with Crippen molar-refractivity contribution < 1.29 is 19.1 Å². The Kier molecular flexibility index (Phi) is 7.41. The van der Waals surface area contributed by atoms with Crippen LogP contribution in [-0.2, 0) is 4.79 Å². The van der Waals surface area contributed by atoms with Gasteiger partial charge in [-0.05, 0) is 36.2 Å². The molecule has 206 valence electrons. The number of nitrogens with one attached hydrogen (secondary N) is 3. The number of carbonyl (C=O) groups is 3. The summed E-state index contributed by atoms with van der Waals surface area (Å²) in [5, 5.41) is 6.68. The van der Waals surface area contributed by atoms with Crippen LogP contribution in [0.15, 0.2) is 60.9 Å². The van der Waals surface area contributed by atoms with Crippen LogP contribution in [0.5, 0.6) is 5.75 Å². The highest BCUT2D eigenvalue weighted by molar-refractivity contribution is 6.05. The van der Waals surface area contributed by atoms with Crippen LogP contribution in [0.2, 0.25) is 0 Å². The van der Waals surface area contributed by atoms with Crippen molar-refractivity contribution >= 4 is 34.6 Å². The van der Waals surface area contributed by atoms with E-state index in [4.69, 9.17) is 4.74 Å². The van der Waals surface area contributed by atoms with Gasteiger partial charge < -0.3 is 30.2 Å². The summed E-state index contributed by atoms with van der Waals surface area (Å²) in [7, 11) is 4.99. The molecule has 1 saturated heterocycles. The number of likely N-dealkylation sites (tertiary alicyclic amines) is 1. The standard InChI is InChI=1S/C30H32N6O4/c1-18(37)33-21-11-12-36(17-21)30(39)34-26-10-9-19(13-24(26)29(38)35(2)3)20-14-23-25(16-32-28(23)31-15-20)22-7-5-6-8-27(22)40-4/h5-10,13-16,21H,11-12,17H2,1-4H3,(H,31,32)(H,33,37)(H,34,39). The van der Waals surface area contributed by atoms with Crippen molar-refractivity contribution in [1.29, 1.82) is 0 Å². The molecule has 3 N–H and O–H groups in total. The molecule has 40 heavy (non-hydrogen) atoms. The number of fused-ring (bicyclic) bond motifs is 1. The van der Waals surface area contributed by atoms with Crippen LogP contribution in [0.3, 0.4) is 0 Å². The van der Waals surface area contributed by atoms with Crippen molar-refractivity contribution in [1.82, 2.24) is 25.1 Å². The van der Waals surface area contributed by atoms with Gasteiger partial charge in [0.2, 0.25) is 5.91 Å². The number of aromatic nitrogens is 2.